The van der Waals surface area contributed by atoms with Gasteiger partial charge in [-0.15, -0.1) is 0 Å². The molecule has 1 aromatic rings. The first-order valence-corrected chi connectivity index (χ1v) is 7.08. The van der Waals surface area contributed by atoms with Gasteiger partial charge in [0.05, 0.1) is 0 Å². The average Bonchev–Trinajstić information content (AvgIpc) is 3.00. The minimum absolute atomic E-state index is 0.862. The van der Waals surface area contributed by atoms with Gasteiger partial charge >= 0.3 is 0 Å². The van der Waals surface area contributed by atoms with Crippen LogP contribution in [0.25, 0.3) is 0 Å². The van der Waals surface area contributed by atoms with Crippen LogP contribution in [-0.4, -0.2) is 47.1 Å². The molecule has 3 heterocycles. The lowest BCUT2D eigenvalue weighted by molar-refractivity contribution is 0.306. The van der Waals surface area contributed by atoms with Gasteiger partial charge in [0.25, 0.3) is 0 Å². The van der Waals surface area contributed by atoms with Gasteiger partial charge in [-0.05, 0) is 37.7 Å². The Labute approximate surface area is 108 Å². The molecule has 4 heteroatoms. The van der Waals surface area contributed by atoms with Gasteiger partial charge in [-0.2, -0.15) is 0 Å². The maximum atomic E-state index is 4.55. The molecule has 96 valence electrons. The number of aromatic nitrogens is 2. The van der Waals surface area contributed by atoms with E-state index in [-0.39, 0.29) is 0 Å². The van der Waals surface area contributed by atoms with Crippen molar-refractivity contribution in [2.75, 3.05) is 31.1 Å². The highest BCUT2D eigenvalue weighted by Crippen LogP contribution is 2.38. The number of hydrogen-bond acceptors (Lipinski definition) is 4. The number of nitrogens with zero attached hydrogens (tertiary/aromatic N) is 4. The molecule has 0 N–H and O–H groups in total. The Morgan fingerprint density at radius 2 is 1.83 bits per heavy atom. The molecule has 2 unspecified atom stereocenters. The lowest BCUT2D eigenvalue weighted by Crippen LogP contribution is -2.30. The zero-order valence-electron chi connectivity index (χ0n) is 10.9. The molecular weight excluding hydrogens is 224 g/mol. The summed E-state index contributed by atoms with van der Waals surface area (Å²) in [6.07, 6.45) is 4.75. The minimum Gasteiger partial charge on any atom is -0.356 e. The third-order valence-corrected chi connectivity index (χ3v) is 4.66. The largest absolute Gasteiger partial charge is 0.356 e. The summed E-state index contributed by atoms with van der Waals surface area (Å²) < 4.78 is 0. The number of aryl methyl sites for hydroxylation is 1. The Morgan fingerprint density at radius 3 is 2.44 bits per heavy atom. The fraction of sp³-hybridized carbons (Fsp3) is 0.714. The Bertz CT molecular complexity index is 443. The van der Waals surface area contributed by atoms with Gasteiger partial charge in [-0.25, -0.2) is 9.97 Å². The van der Waals surface area contributed by atoms with Crippen molar-refractivity contribution in [1.82, 2.24) is 14.9 Å². The van der Waals surface area contributed by atoms with Crippen LogP contribution in [0.3, 0.4) is 0 Å². The standard InChI is InChI=1S/C14H20N4/c1-10-15-5-4-14(16-10)18-8-11-6-17(13-2-3-13)7-12(11)9-18/h4-5,11-13H,2-3,6-9H2,1H3. The first-order valence-electron chi connectivity index (χ1n) is 7.08. The van der Waals surface area contributed by atoms with Crippen LogP contribution in [0.1, 0.15) is 18.7 Å². The summed E-state index contributed by atoms with van der Waals surface area (Å²) in [5, 5.41) is 0. The second-order valence-electron chi connectivity index (χ2n) is 6.07. The smallest absolute Gasteiger partial charge is 0.132 e. The number of hydrogen-bond donors (Lipinski definition) is 0. The van der Waals surface area contributed by atoms with E-state index in [0.29, 0.717) is 0 Å². The second kappa shape index (κ2) is 3.92. The average molecular weight is 244 g/mol. The van der Waals surface area contributed by atoms with Crippen molar-refractivity contribution >= 4 is 5.82 Å². The highest BCUT2D eigenvalue weighted by atomic mass is 15.3. The maximum absolute atomic E-state index is 4.55. The summed E-state index contributed by atoms with van der Waals surface area (Å²) in [5.41, 5.74) is 0. The van der Waals surface area contributed by atoms with Crippen LogP contribution >= 0.6 is 0 Å². The Morgan fingerprint density at radius 1 is 1.11 bits per heavy atom. The molecule has 0 spiro atoms. The third kappa shape index (κ3) is 1.79. The lowest BCUT2D eigenvalue weighted by Gasteiger charge is -2.22. The molecule has 1 aromatic heterocycles. The molecule has 2 aliphatic heterocycles. The van der Waals surface area contributed by atoms with Crippen molar-refractivity contribution in [3.8, 4) is 0 Å². The molecule has 2 saturated heterocycles. The van der Waals surface area contributed by atoms with E-state index in [1.165, 1.54) is 39.0 Å². The van der Waals surface area contributed by atoms with Gasteiger partial charge in [0.15, 0.2) is 0 Å². The monoisotopic (exact) mass is 244 g/mol. The van der Waals surface area contributed by atoms with E-state index in [1.807, 2.05) is 19.2 Å². The fourth-order valence-corrected chi connectivity index (χ4v) is 3.57. The molecule has 3 aliphatic rings. The molecule has 0 amide bonds. The molecule has 1 aliphatic carbocycles. The van der Waals surface area contributed by atoms with Crippen molar-refractivity contribution in [3.05, 3.63) is 18.1 Å². The summed E-state index contributed by atoms with van der Waals surface area (Å²) in [6, 6.07) is 2.98. The van der Waals surface area contributed by atoms with E-state index in [9.17, 15) is 0 Å². The van der Waals surface area contributed by atoms with E-state index in [4.69, 9.17) is 0 Å². The number of anilines is 1. The zero-order valence-corrected chi connectivity index (χ0v) is 10.9. The molecule has 1 saturated carbocycles. The summed E-state index contributed by atoms with van der Waals surface area (Å²) >= 11 is 0. The van der Waals surface area contributed by atoms with E-state index < -0.39 is 0 Å². The molecule has 18 heavy (non-hydrogen) atoms. The predicted octanol–water partition coefficient (Wildman–Crippen LogP) is 1.32. The predicted molar refractivity (Wildman–Crippen MR) is 70.6 cm³/mol. The van der Waals surface area contributed by atoms with E-state index >= 15 is 0 Å². The van der Waals surface area contributed by atoms with Crippen LogP contribution in [0.5, 0.6) is 0 Å². The zero-order chi connectivity index (χ0) is 12.1. The Kier molecular flexibility index (Phi) is 2.34. The minimum atomic E-state index is 0.862. The van der Waals surface area contributed by atoms with Crippen LogP contribution in [0.15, 0.2) is 12.3 Å². The molecule has 4 rings (SSSR count). The highest BCUT2D eigenvalue weighted by molar-refractivity contribution is 5.39. The SMILES string of the molecule is Cc1nccc(N2CC3CN(C4CC4)CC3C2)n1. The van der Waals surface area contributed by atoms with Crippen molar-refractivity contribution in [3.63, 3.8) is 0 Å². The van der Waals surface area contributed by atoms with Gasteiger partial charge in [0.2, 0.25) is 0 Å². The molecule has 0 radical (unpaired) electrons. The molecule has 2 atom stereocenters. The molecule has 4 nitrogen and oxygen atoms in total. The van der Waals surface area contributed by atoms with Crippen molar-refractivity contribution in [2.24, 2.45) is 11.8 Å². The number of likely N-dealkylation sites (tertiary alicyclic amines) is 1. The van der Waals surface area contributed by atoms with Crippen molar-refractivity contribution in [2.45, 2.75) is 25.8 Å². The van der Waals surface area contributed by atoms with Crippen molar-refractivity contribution in [1.29, 1.82) is 0 Å². The topological polar surface area (TPSA) is 32.3 Å². The quantitative estimate of drug-likeness (QED) is 0.785. The van der Waals surface area contributed by atoms with Crippen LogP contribution < -0.4 is 4.90 Å². The maximum Gasteiger partial charge on any atom is 0.132 e. The van der Waals surface area contributed by atoms with E-state index in [0.717, 1.165) is 29.5 Å². The van der Waals surface area contributed by atoms with Crippen LogP contribution in [0.4, 0.5) is 5.82 Å². The summed E-state index contributed by atoms with van der Waals surface area (Å²) in [4.78, 5) is 13.9. The third-order valence-electron chi connectivity index (χ3n) is 4.66. The molecule has 0 aromatic carbocycles. The highest BCUT2D eigenvalue weighted by Gasteiger charge is 2.44. The summed E-state index contributed by atoms with van der Waals surface area (Å²) in [7, 11) is 0. The Balaban J connectivity index is 1.46. The molecule has 0 bridgehead atoms. The normalized spacial score (nSPS) is 31.9. The van der Waals surface area contributed by atoms with E-state index in [1.54, 1.807) is 0 Å². The van der Waals surface area contributed by atoms with Crippen molar-refractivity contribution < 1.29 is 0 Å². The van der Waals surface area contributed by atoms with Gasteiger partial charge < -0.3 is 4.90 Å². The van der Waals surface area contributed by atoms with Crippen LogP contribution in [0, 0.1) is 18.8 Å². The molecular formula is C14H20N4. The van der Waals surface area contributed by atoms with Gasteiger partial charge in [0.1, 0.15) is 11.6 Å². The first kappa shape index (κ1) is 10.7. The number of rotatable bonds is 2. The summed E-state index contributed by atoms with van der Waals surface area (Å²) in [5.74, 6) is 3.72. The Hall–Kier alpha value is -1.16. The van der Waals surface area contributed by atoms with Gasteiger partial charge in [0, 0.05) is 38.4 Å². The number of fused-ring (bicyclic) bond motifs is 1. The van der Waals surface area contributed by atoms with Gasteiger partial charge in [-0.1, -0.05) is 0 Å². The fourth-order valence-electron chi connectivity index (χ4n) is 3.57. The summed E-state index contributed by atoms with van der Waals surface area (Å²) in [6.45, 7) is 6.97. The van der Waals surface area contributed by atoms with Gasteiger partial charge in [-0.3, -0.25) is 4.90 Å². The van der Waals surface area contributed by atoms with Crippen LogP contribution in [-0.2, 0) is 0 Å². The molecule has 3 fully saturated rings. The van der Waals surface area contributed by atoms with E-state index in [2.05, 4.69) is 19.8 Å². The second-order valence-corrected chi connectivity index (χ2v) is 6.07. The lowest BCUT2D eigenvalue weighted by atomic mass is 10.0. The van der Waals surface area contributed by atoms with Crippen LogP contribution in [0.2, 0.25) is 0 Å². The first-order chi connectivity index (χ1) is 8.79.